The van der Waals surface area contributed by atoms with E-state index in [0.717, 1.165) is 12.5 Å². The first kappa shape index (κ1) is 22.4. The molecular weight excluding hydrogens is 390 g/mol. The lowest BCUT2D eigenvalue weighted by atomic mass is 9.87. The van der Waals surface area contributed by atoms with Crippen molar-refractivity contribution in [1.29, 1.82) is 0 Å². The number of aliphatic hydroxyl groups is 1. The maximum Gasteiger partial charge on any atom is 0.242 e. The number of rotatable bonds is 8. The molecule has 0 saturated carbocycles. The molecule has 2 atom stereocenters. The maximum absolute atomic E-state index is 14.2. The number of imidazole rings is 1. The topological polar surface area (TPSA) is 79.2 Å². The summed E-state index contributed by atoms with van der Waals surface area (Å²) in [5.74, 6) is -0.857. The molecule has 8 heteroatoms. The largest absolute Gasteiger partial charge is 0.394 e. The number of benzene rings is 1. The molecule has 0 bridgehead atoms. The molecule has 1 aromatic heterocycles. The summed E-state index contributed by atoms with van der Waals surface area (Å²) in [5, 5.41) is 15.7. The molecule has 164 valence electrons. The van der Waals surface area contributed by atoms with Crippen molar-refractivity contribution >= 4 is 11.7 Å². The van der Waals surface area contributed by atoms with E-state index in [4.69, 9.17) is 0 Å². The Balaban J connectivity index is 1.66. The van der Waals surface area contributed by atoms with E-state index in [-0.39, 0.29) is 18.6 Å². The summed E-state index contributed by atoms with van der Waals surface area (Å²) in [6.07, 6.45) is 6.41. The van der Waals surface area contributed by atoms with E-state index in [2.05, 4.69) is 15.6 Å². The number of carbonyl (C=O) groups is 1. The van der Waals surface area contributed by atoms with Gasteiger partial charge in [-0.05, 0) is 56.7 Å². The van der Waals surface area contributed by atoms with E-state index in [1.54, 1.807) is 17.1 Å². The van der Waals surface area contributed by atoms with Gasteiger partial charge in [-0.15, -0.1) is 0 Å². The summed E-state index contributed by atoms with van der Waals surface area (Å²) in [6.45, 7) is 5.68. The van der Waals surface area contributed by atoms with E-state index in [0.29, 0.717) is 42.6 Å². The molecule has 3 rings (SSSR count). The van der Waals surface area contributed by atoms with Crippen LogP contribution in [0, 0.1) is 11.6 Å². The first-order valence-electron chi connectivity index (χ1n) is 10.4. The molecule has 30 heavy (non-hydrogen) atoms. The normalized spacial score (nSPS) is 17.5. The number of nitrogens with zero attached hydrogens (tertiary/aromatic N) is 2. The molecule has 0 aliphatic heterocycles. The first-order valence-corrected chi connectivity index (χ1v) is 10.4. The predicted octanol–water partition coefficient (Wildman–Crippen LogP) is 3.14. The van der Waals surface area contributed by atoms with Crippen LogP contribution in [0.25, 0.3) is 0 Å². The predicted molar refractivity (Wildman–Crippen MR) is 111 cm³/mol. The van der Waals surface area contributed by atoms with Crippen LogP contribution in [0.3, 0.4) is 0 Å². The zero-order valence-corrected chi connectivity index (χ0v) is 17.7. The zero-order chi connectivity index (χ0) is 21.9. The minimum Gasteiger partial charge on any atom is -0.394 e. The van der Waals surface area contributed by atoms with Crippen molar-refractivity contribution in [2.75, 3.05) is 11.9 Å². The van der Waals surface area contributed by atoms with Gasteiger partial charge in [0.2, 0.25) is 5.91 Å². The van der Waals surface area contributed by atoms with Gasteiger partial charge in [0.15, 0.2) is 5.82 Å². The third kappa shape index (κ3) is 5.05. The van der Waals surface area contributed by atoms with Gasteiger partial charge < -0.3 is 20.3 Å². The Morgan fingerprint density at radius 1 is 1.40 bits per heavy atom. The minimum atomic E-state index is -0.551. The number of hydrogen-bond acceptors (Lipinski definition) is 4. The van der Waals surface area contributed by atoms with Gasteiger partial charge in [-0.1, -0.05) is 13.3 Å². The van der Waals surface area contributed by atoms with Crippen LogP contribution in [0.5, 0.6) is 0 Å². The minimum absolute atomic E-state index is 0.0552. The molecule has 6 nitrogen and oxygen atoms in total. The number of aliphatic hydroxyl groups excluding tert-OH is 1. The lowest BCUT2D eigenvalue weighted by molar-refractivity contribution is -0.118. The average Bonchev–Trinajstić information content (AvgIpc) is 3.17. The molecular formula is C22H30F2N4O2. The van der Waals surface area contributed by atoms with Crippen molar-refractivity contribution in [2.45, 2.75) is 70.5 Å². The number of hydrogen-bond donors (Lipinski definition) is 3. The third-order valence-electron chi connectivity index (χ3n) is 5.72. The number of aromatic nitrogens is 2. The van der Waals surface area contributed by atoms with Gasteiger partial charge >= 0.3 is 0 Å². The Morgan fingerprint density at radius 2 is 2.17 bits per heavy atom. The first-order chi connectivity index (χ1) is 14.2. The molecule has 0 saturated heterocycles. The summed E-state index contributed by atoms with van der Waals surface area (Å²) in [4.78, 5) is 17.1. The molecule has 0 spiro atoms. The van der Waals surface area contributed by atoms with Gasteiger partial charge in [-0.2, -0.15) is 0 Å². The van der Waals surface area contributed by atoms with E-state index in [1.807, 2.05) is 20.8 Å². The van der Waals surface area contributed by atoms with Crippen molar-refractivity contribution in [2.24, 2.45) is 0 Å². The number of carbonyl (C=O) groups excluding carboxylic acids is 1. The Kier molecular flexibility index (Phi) is 6.88. The molecule has 0 radical (unpaired) electrons. The second-order valence-corrected chi connectivity index (χ2v) is 8.60. The number of anilines is 1. The van der Waals surface area contributed by atoms with E-state index >= 15 is 0 Å². The fraction of sp³-hybridized carbons (Fsp3) is 0.545. The molecule has 2 unspecified atom stereocenters. The second-order valence-electron chi connectivity index (χ2n) is 8.60. The van der Waals surface area contributed by atoms with Gasteiger partial charge in [0.25, 0.3) is 0 Å². The van der Waals surface area contributed by atoms with Crippen LogP contribution in [0.4, 0.5) is 14.6 Å². The van der Waals surface area contributed by atoms with Crippen LogP contribution >= 0.6 is 0 Å². The second kappa shape index (κ2) is 9.22. The molecule has 1 aliphatic rings. The van der Waals surface area contributed by atoms with Crippen LogP contribution in [-0.2, 0) is 23.2 Å². The monoisotopic (exact) mass is 420 g/mol. The summed E-state index contributed by atoms with van der Waals surface area (Å²) in [7, 11) is 0. The Bertz CT molecular complexity index is 897. The highest BCUT2D eigenvalue weighted by Crippen LogP contribution is 2.26. The van der Waals surface area contributed by atoms with Gasteiger partial charge in [-0.25, -0.2) is 13.8 Å². The Labute approximate surface area is 175 Å². The van der Waals surface area contributed by atoms with Crippen molar-refractivity contribution in [3.63, 3.8) is 0 Å². The van der Waals surface area contributed by atoms with E-state index in [9.17, 15) is 18.7 Å². The van der Waals surface area contributed by atoms with Crippen LogP contribution in [0.1, 0.15) is 51.2 Å². The summed E-state index contributed by atoms with van der Waals surface area (Å²) in [6, 6.07) is 1.81. The number of halogens is 2. The Hall–Kier alpha value is -2.32. The standard InChI is InChI=1S/C22H30F2N4O2/c1-4-5-19(21(30)27-20-11-28(13-25-20)22(2,3)12-29)26-16-7-6-14-8-15(23)9-18(24)17(14)10-16/h8-9,11,13,16,19,26,29H,4-7,10,12H2,1-3H3,(H,27,30). The fourth-order valence-corrected chi connectivity index (χ4v) is 3.81. The van der Waals surface area contributed by atoms with Crippen LogP contribution in [-0.4, -0.2) is 39.3 Å². The van der Waals surface area contributed by atoms with Crippen LogP contribution in [0.15, 0.2) is 24.7 Å². The fourth-order valence-electron chi connectivity index (χ4n) is 3.81. The highest BCUT2D eigenvalue weighted by Gasteiger charge is 2.27. The SMILES string of the molecule is CCCC(NC1CCc2cc(F)cc(F)c2C1)C(=O)Nc1cn(C(C)(C)CO)cn1. The number of nitrogens with one attached hydrogen (secondary N) is 2. The van der Waals surface area contributed by atoms with Gasteiger partial charge in [-0.3, -0.25) is 4.79 Å². The zero-order valence-electron chi connectivity index (χ0n) is 17.7. The molecule has 1 aromatic carbocycles. The lowest BCUT2D eigenvalue weighted by Crippen LogP contribution is -2.48. The summed E-state index contributed by atoms with van der Waals surface area (Å²) >= 11 is 0. The van der Waals surface area contributed by atoms with Crippen LogP contribution < -0.4 is 10.6 Å². The van der Waals surface area contributed by atoms with Crippen molar-refractivity contribution in [3.05, 3.63) is 47.4 Å². The molecule has 1 heterocycles. The van der Waals surface area contributed by atoms with Gasteiger partial charge in [0.05, 0.1) is 24.5 Å². The maximum atomic E-state index is 14.2. The van der Waals surface area contributed by atoms with Gasteiger partial charge in [0, 0.05) is 18.3 Å². The van der Waals surface area contributed by atoms with Crippen molar-refractivity contribution in [3.8, 4) is 0 Å². The molecule has 0 fully saturated rings. The highest BCUT2D eigenvalue weighted by molar-refractivity contribution is 5.94. The summed E-state index contributed by atoms with van der Waals surface area (Å²) < 4.78 is 29.4. The van der Waals surface area contributed by atoms with E-state index < -0.39 is 23.2 Å². The smallest absolute Gasteiger partial charge is 0.242 e. The third-order valence-corrected chi connectivity index (χ3v) is 5.72. The molecule has 1 amide bonds. The average molecular weight is 421 g/mol. The molecule has 2 aromatic rings. The highest BCUT2D eigenvalue weighted by atomic mass is 19.1. The van der Waals surface area contributed by atoms with Crippen molar-refractivity contribution in [1.82, 2.24) is 14.9 Å². The Morgan fingerprint density at radius 3 is 2.87 bits per heavy atom. The number of fused-ring (bicyclic) bond motifs is 1. The number of amides is 1. The molecule has 3 N–H and O–H groups in total. The van der Waals surface area contributed by atoms with Crippen LogP contribution in [0.2, 0.25) is 0 Å². The number of aryl methyl sites for hydroxylation is 1. The summed E-state index contributed by atoms with van der Waals surface area (Å²) in [5.41, 5.74) is 0.718. The lowest BCUT2D eigenvalue weighted by Gasteiger charge is -2.29. The van der Waals surface area contributed by atoms with Crippen molar-refractivity contribution < 1.29 is 18.7 Å². The molecule has 1 aliphatic carbocycles. The van der Waals surface area contributed by atoms with Gasteiger partial charge in [0.1, 0.15) is 11.6 Å². The quantitative estimate of drug-likeness (QED) is 0.613. The van der Waals surface area contributed by atoms with E-state index in [1.165, 1.54) is 6.07 Å².